The highest BCUT2D eigenvalue weighted by molar-refractivity contribution is 7.80. The first-order valence-electron chi connectivity index (χ1n) is 5.02. The van der Waals surface area contributed by atoms with Crippen molar-refractivity contribution < 1.29 is 13.9 Å². The number of carbonyl (C=O) groups is 1. The highest BCUT2D eigenvalue weighted by Crippen LogP contribution is 2.22. The maximum Gasteiger partial charge on any atom is 0.265 e. The monoisotopic (exact) mass is 283 g/mol. The standard InChI is InChI=1S/C12H10FNO2S2/c1-16-10-3-2-7(4-9(10)13)14-12(15)11-5-8(17)6-18-11/h2-6,17H,1H3,(H,14,15). The van der Waals surface area contributed by atoms with E-state index in [1.807, 2.05) is 0 Å². The van der Waals surface area contributed by atoms with Crippen LogP contribution in [0.5, 0.6) is 5.75 Å². The van der Waals surface area contributed by atoms with E-state index in [0.717, 1.165) is 4.90 Å². The molecule has 0 aliphatic carbocycles. The Morgan fingerprint density at radius 2 is 2.22 bits per heavy atom. The zero-order valence-electron chi connectivity index (χ0n) is 9.44. The van der Waals surface area contributed by atoms with Gasteiger partial charge in [0, 0.05) is 22.0 Å². The quantitative estimate of drug-likeness (QED) is 0.847. The summed E-state index contributed by atoms with van der Waals surface area (Å²) in [6.45, 7) is 0. The lowest BCUT2D eigenvalue weighted by Gasteiger charge is -2.06. The van der Waals surface area contributed by atoms with Crippen molar-refractivity contribution in [3.05, 3.63) is 40.3 Å². The van der Waals surface area contributed by atoms with E-state index in [-0.39, 0.29) is 11.7 Å². The van der Waals surface area contributed by atoms with Crippen LogP contribution in [0.1, 0.15) is 9.67 Å². The number of anilines is 1. The van der Waals surface area contributed by atoms with Gasteiger partial charge in [-0.25, -0.2) is 4.39 Å². The van der Waals surface area contributed by atoms with Crippen molar-refractivity contribution in [2.45, 2.75) is 4.90 Å². The van der Waals surface area contributed by atoms with Gasteiger partial charge < -0.3 is 10.1 Å². The molecule has 6 heteroatoms. The molecule has 0 fully saturated rings. The SMILES string of the molecule is COc1ccc(NC(=O)c2cc(S)cs2)cc1F. The Morgan fingerprint density at radius 1 is 1.44 bits per heavy atom. The Balaban J connectivity index is 2.14. The summed E-state index contributed by atoms with van der Waals surface area (Å²) in [6.07, 6.45) is 0. The average molecular weight is 283 g/mol. The van der Waals surface area contributed by atoms with Crippen LogP contribution >= 0.6 is 24.0 Å². The van der Waals surface area contributed by atoms with Gasteiger partial charge in [0.25, 0.3) is 5.91 Å². The first kappa shape index (κ1) is 12.9. The van der Waals surface area contributed by atoms with Gasteiger partial charge in [0.05, 0.1) is 12.0 Å². The second-order valence-corrected chi connectivity index (χ2v) is 4.90. The molecule has 1 aromatic carbocycles. The summed E-state index contributed by atoms with van der Waals surface area (Å²) in [5.41, 5.74) is 0.382. The number of hydrogen-bond acceptors (Lipinski definition) is 4. The van der Waals surface area contributed by atoms with E-state index in [9.17, 15) is 9.18 Å². The number of ether oxygens (including phenoxy) is 1. The van der Waals surface area contributed by atoms with Crippen LogP contribution in [-0.4, -0.2) is 13.0 Å². The van der Waals surface area contributed by atoms with Gasteiger partial charge in [-0.05, 0) is 18.2 Å². The molecule has 0 aliphatic heterocycles. The van der Waals surface area contributed by atoms with Gasteiger partial charge in [0.1, 0.15) is 0 Å². The van der Waals surface area contributed by atoms with Gasteiger partial charge in [-0.1, -0.05) is 0 Å². The molecule has 2 aromatic rings. The van der Waals surface area contributed by atoms with Crippen molar-refractivity contribution in [3.8, 4) is 5.75 Å². The van der Waals surface area contributed by atoms with Crippen LogP contribution in [0.15, 0.2) is 34.5 Å². The maximum atomic E-state index is 13.4. The Kier molecular flexibility index (Phi) is 3.88. The minimum absolute atomic E-state index is 0.141. The molecule has 18 heavy (non-hydrogen) atoms. The van der Waals surface area contributed by atoms with Gasteiger partial charge in [-0.2, -0.15) is 0 Å². The minimum Gasteiger partial charge on any atom is -0.494 e. The molecule has 94 valence electrons. The van der Waals surface area contributed by atoms with Crippen LogP contribution < -0.4 is 10.1 Å². The first-order valence-corrected chi connectivity index (χ1v) is 6.35. The number of methoxy groups -OCH3 is 1. The minimum atomic E-state index is -0.517. The summed E-state index contributed by atoms with van der Waals surface area (Å²) < 4.78 is 18.2. The van der Waals surface area contributed by atoms with Crippen LogP contribution in [0.4, 0.5) is 10.1 Å². The number of amides is 1. The molecular formula is C12H10FNO2S2. The summed E-state index contributed by atoms with van der Waals surface area (Å²) in [5.74, 6) is -0.664. The first-order chi connectivity index (χ1) is 8.60. The lowest BCUT2D eigenvalue weighted by molar-refractivity contribution is 0.103. The molecule has 1 heterocycles. The smallest absolute Gasteiger partial charge is 0.265 e. The van der Waals surface area contributed by atoms with E-state index in [2.05, 4.69) is 17.9 Å². The molecule has 3 nitrogen and oxygen atoms in total. The fraction of sp³-hybridized carbons (Fsp3) is 0.0833. The molecule has 0 saturated carbocycles. The number of thiol groups is 1. The predicted octanol–water partition coefficient (Wildman–Crippen LogP) is 3.44. The molecule has 2 rings (SSSR count). The van der Waals surface area contributed by atoms with Crippen LogP contribution in [-0.2, 0) is 0 Å². The third-order valence-corrected chi connectivity index (χ3v) is 3.58. The maximum absolute atomic E-state index is 13.4. The molecule has 1 aromatic heterocycles. The van der Waals surface area contributed by atoms with Crippen molar-refractivity contribution in [2.24, 2.45) is 0 Å². The Morgan fingerprint density at radius 3 is 2.78 bits per heavy atom. The lowest BCUT2D eigenvalue weighted by Crippen LogP contribution is -2.10. The lowest BCUT2D eigenvalue weighted by atomic mass is 10.3. The number of nitrogens with one attached hydrogen (secondary N) is 1. The molecule has 0 atom stereocenters. The molecule has 0 aliphatic rings. The van der Waals surface area contributed by atoms with E-state index < -0.39 is 5.82 Å². The summed E-state index contributed by atoms with van der Waals surface area (Å²) in [6, 6.07) is 5.91. The molecule has 0 bridgehead atoms. The Bertz CT molecular complexity index is 583. The second kappa shape index (κ2) is 5.41. The van der Waals surface area contributed by atoms with Crippen LogP contribution in [0.2, 0.25) is 0 Å². The second-order valence-electron chi connectivity index (χ2n) is 3.47. The normalized spacial score (nSPS) is 10.2. The van der Waals surface area contributed by atoms with Gasteiger partial charge in [-0.15, -0.1) is 24.0 Å². The van der Waals surface area contributed by atoms with E-state index in [0.29, 0.717) is 10.6 Å². The number of carbonyl (C=O) groups excluding carboxylic acids is 1. The van der Waals surface area contributed by atoms with Crippen molar-refractivity contribution in [1.82, 2.24) is 0 Å². The van der Waals surface area contributed by atoms with E-state index in [1.54, 1.807) is 17.5 Å². The summed E-state index contributed by atoms with van der Waals surface area (Å²) in [4.78, 5) is 13.1. The van der Waals surface area contributed by atoms with Crippen LogP contribution in [0.25, 0.3) is 0 Å². The van der Waals surface area contributed by atoms with Gasteiger partial charge in [-0.3, -0.25) is 4.79 Å². The summed E-state index contributed by atoms with van der Waals surface area (Å²) >= 11 is 5.40. The Labute approximate surface area is 113 Å². The zero-order chi connectivity index (χ0) is 13.1. The molecule has 0 saturated heterocycles. The molecule has 0 unspecified atom stereocenters. The molecular weight excluding hydrogens is 273 g/mol. The molecule has 1 amide bonds. The predicted molar refractivity (Wildman–Crippen MR) is 72.5 cm³/mol. The van der Waals surface area contributed by atoms with Gasteiger partial charge in [0.2, 0.25) is 0 Å². The van der Waals surface area contributed by atoms with Crippen molar-refractivity contribution in [3.63, 3.8) is 0 Å². The number of hydrogen-bond donors (Lipinski definition) is 2. The number of halogens is 1. The zero-order valence-corrected chi connectivity index (χ0v) is 11.1. The largest absolute Gasteiger partial charge is 0.494 e. The third kappa shape index (κ3) is 2.83. The van der Waals surface area contributed by atoms with Gasteiger partial charge >= 0.3 is 0 Å². The fourth-order valence-corrected chi connectivity index (χ4v) is 2.43. The number of thiophene rings is 1. The van der Waals surface area contributed by atoms with Gasteiger partial charge in [0.15, 0.2) is 11.6 Å². The van der Waals surface area contributed by atoms with Crippen LogP contribution in [0, 0.1) is 5.82 Å². The fourth-order valence-electron chi connectivity index (χ4n) is 1.38. The molecule has 0 spiro atoms. The third-order valence-electron chi connectivity index (χ3n) is 2.22. The van der Waals surface area contributed by atoms with Crippen LogP contribution in [0.3, 0.4) is 0 Å². The topological polar surface area (TPSA) is 38.3 Å². The van der Waals surface area contributed by atoms with E-state index >= 15 is 0 Å². The highest BCUT2D eigenvalue weighted by Gasteiger charge is 2.10. The molecule has 0 radical (unpaired) electrons. The van der Waals surface area contributed by atoms with E-state index in [1.165, 1.54) is 30.6 Å². The summed E-state index contributed by atoms with van der Waals surface area (Å²) in [7, 11) is 1.39. The molecule has 1 N–H and O–H groups in total. The Hall–Kier alpha value is -1.53. The van der Waals surface area contributed by atoms with Crippen molar-refractivity contribution in [1.29, 1.82) is 0 Å². The highest BCUT2D eigenvalue weighted by atomic mass is 32.1. The van der Waals surface area contributed by atoms with E-state index in [4.69, 9.17) is 4.74 Å². The number of rotatable bonds is 3. The van der Waals surface area contributed by atoms with Crippen molar-refractivity contribution >= 4 is 35.6 Å². The average Bonchev–Trinajstić information content (AvgIpc) is 2.76. The number of benzene rings is 1. The summed E-state index contributed by atoms with van der Waals surface area (Å²) in [5, 5.41) is 4.36. The van der Waals surface area contributed by atoms with Crippen molar-refractivity contribution in [2.75, 3.05) is 12.4 Å².